The first-order valence-electron chi connectivity index (χ1n) is 7.14. The van der Waals surface area contributed by atoms with Crippen LogP contribution >= 0.6 is 0 Å². The van der Waals surface area contributed by atoms with Crippen molar-refractivity contribution in [2.45, 2.75) is 50.2 Å². The first kappa shape index (κ1) is 13.2. The van der Waals surface area contributed by atoms with Crippen LogP contribution in [0.4, 0.5) is 4.79 Å². The Bertz CT molecular complexity index is 443. The molecule has 7 nitrogen and oxygen atoms in total. The number of carboxylic acids is 1. The third-order valence-corrected chi connectivity index (χ3v) is 4.68. The molecule has 4 unspecified atom stereocenters. The average molecular weight is 281 g/mol. The number of piperidine rings is 1. The summed E-state index contributed by atoms with van der Waals surface area (Å²) in [7, 11) is 0. The first-order chi connectivity index (χ1) is 9.56. The molecule has 0 spiro atoms. The van der Waals surface area contributed by atoms with Crippen LogP contribution in [0, 0.1) is 5.92 Å². The van der Waals surface area contributed by atoms with E-state index in [2.05, 4.69) is 10.6 Å². The Labute approximate surface area is 116 Å². The van der Waals surface area contributed by atoms with E-state index in [1.165, 1.54) is 0 Å². The predicted molar refractivity (Wildman–Crippen MR) is 69.0 cm³/mol. The van der Waals surface area contributed by atoms with Gasteiger partial charge < -0.3 is 20.6 Å². The molecule has 3 fully saturated rings. The average Bonchev–Trinajstić information content (AvgIpc) is 2.99. The summed E-state index contributed by atoms with van der Waals surface area (Å²) in [4.78, 5) is 36.3. The lowest BCUT2D eigenvalue weighted by molar-refractivity contribution is -0.142. The third kappa shape index (κ3) is 2.21. The summed E-state index contributed by atoms with van der Waals surface area (Å²) in [5.74, 6) is -1.21. The Hall–Kier alpha value is -1.79. The van der Waals surface area contributed by atoms with Gasteiger partial charge in [-0.05, 0) is 25.7 Å². The zero-order chi connectivity index (χ0) is 14.3. The molecule has 3 aliphatic rings. The van der Waals surface area contributed by atoms with E-state index in [1.807, 2.05) is 0 Å². The van der Waals surface area contributed by atoms with Crippen LogP contribution in [0.3, 0.4) is 0 Å². The summed E-state index contributed by atoms with van der Waals surface area (Å²) in [5.41, 5.74) is 0. The van der Waals surface area contributed by atoms with Crippen LogP contribution in [-0.2, 0) is 9.59 Å². The third-order valence-electron chi connectivity index (χ3n) is 4.68. The van der Waals surface area contributed by atoms with Gasteiger partial charge in [-0.25, -0.2) is 4.79 Å². The summed E-state index contributed by atoms with van der Waals surface area (Å²) in [6.07, 6.45) is 3.30. The zero-order valence-electron chi connectivity index (χ0n) is 11.2. The second kappa shape index (κ2) is 4.96. The summed E-state index contributed by atoms with van der Waals surface area (Å²) in [6.45, 7) is 0.454. The molecule has 110 valence electrons. The second-order valence-electron chi connectivity index (χ2n) is 5.88. The molecule has 3 amide bonds. The van der Waals surface area contributed by atoms with Gasteiger partial charge in [-0.15, -0.1) is 0 Å². The molecule has 3 heterocycles. The quantitative estimate of drug-likeness (QED) is 0.659. The van der Waals surface area contributed by atoms with Gasteiger partial charge in [-0.3, -0.25) is 9.59 Å². The summed E-state index contributed by atoms with van der Waals surface area (Å²) >= 11 is 0. The van der Waals surface area contributed by atoms with Crippen LogP contribution in [0.2, 0.25) is 0 Å². The number of fused-ring (bicyclic) bond motifs is 2. The van der Waals surface area contributed by atoms with Crippen LogP contribution in [0.25, 0.3) is 0 Å². The largest absolute Gasteiger partial charge is 0.481 e. The molecule has 3 N–H and O–H groups in total. The number of hydrogen-bond donors (Lipinski definition) is 3. The molecule has 0 aromatic heterocycles. The summed E-state index contributed by atoms with van der Waals surface area (Å²) in [5, 5.41) is 14.8. The van der Waals surface area contributed by atoms with E-state index < -0.39 is 11.9 Å². The topological polar surface area (TPSA) is 98.7 Å². The maximum atomic E-state index is 12.3. The van der Waals surface area contributed by atoms with Crippen LogP contribution < -0.4 is 10.6 Å². The van der Waals surface area contributed by atoms with Gasteiger partial charge >= 0.3 is 12.0 Å². The number of carbonyl (C=O) groups is 3. The monoisotopic (exact) mass is 281 g/mol. The molecule has 3 saturated heterocycles. The van der Waals surface area contributed by atoms with E-state index in [1.54, 1.807) is 4.90 Å². The molecular formula is C13H19N3O4. The fourth-order valence-corrected chi connectivity index (χ4v) is 3.68. The molecule has 3 aliphatic heterocycles. The van der Waals surface area contributed by atoms with Gasteiger partial charge in [0.1, 0.15) is 0 Å². The van der Waals surface area contributed by atoms with E-state index in [9.17, 15) is 19.5 Å². The molecule has 3 rings (SSSR count). The van der Waals surface area contributed by atoms with Gasteiger partial charge in [0.2, 0.25) is 5.91 Å². The molecule has 2 bridgehead atoms. The molecule has 0 aliphatic carbocycles. The smallest absolute Gasteiger partial charge is 0.318 e. The molecule has 0 radical (unpaired) electrons. The minimum Gasteiger partial charge on any atom is -0.481 e. The minimum atomic E-state index is -0.806. The van der Waals surface area contributed by atoms with Crippen LogP contribution in [0.5, 0.6) is 0 Å². The van der Waals surface area contributed by atoms with Gasteiger partial charge in [0.25, 0.3) is 0 Å². The number of nitrogens with one attached hydrogen (secondary N) is 2. The molecule has 0 saturated carbocycles. The Morgan fingerprint density at radius 3 is 2.70 bits per heavy atom. The highest BCUT2D eigenvalue weighted by atomic mass is 16.4. The van der Waals surface area contributed by atoms with E-state index in [4.69, 9.17) is 0 Å². The fourth-order valence-electron chi connectivity index (χ4n) is 3.68. The van der Waals surface area contributed by atoms with E-state index >= 15 is 0 Å². The van der Waals surface area contributed by atoms with Gasteiger partial charge in [0.15, 0.2) is 0 Å². The second-order valence-corrected chi connectivity index (χ2v) is 5.88. The maximum Gasteiger partial charge on any atom is 0.318 e. The molecule has 20 heavy (non-hydrogen) atoms. The minimum absolute atomic E-state index is 0.0164. The van der Waals surface area contributed by atoms with E-state index in [0.717, 1.165) is 12.8 Å². The van der Waals surface area contributed by atoms with Crippen molar-refractivity contribution in [2.24, 2.45) is 5.92 Å². The van der Waals surface area contributed by atoms with Crippen LogP contribution in [0.15, 0.2) is 0 Å². The van der Waals surface area contributed by atoms with Crippen molar-refractivity contribution < 1.29 is 19.5 Å². The fraction of sp³-hybridized carbons (Fsp3) is 0.769. The normalized spacial score (nSPS) is 35.8. The lowest BCUT2D eigenvalue weighted by atomic mass is 9.89. The van der Waals surface area contributed by atoms with Crippen molar-refractivity contribution in [3.8, 4) is 0 Å². The highest BCUT2D eigenvalue weighted by Crippen LogP contribution is 2.41. The number of nitrogens with zero attached hydrogens (tertiary/aromatic N) is 1. The number of amides is 3. The maximum absolute atomic E-state index is 12.3. The predicted octanol–water partition coefficient (Wildman–Crippen LogP) is -0.0879. The molecule has 7 heteroatoms. The van der Waals surface area contributed by atoms with Gasteiger partial charge in [-0.1, -0.05) is 0 Å². The van der Waals surface area contributed by atoms with Crippen molar-refractivity contribution >= 4 is 17.9 Å². The van der Waals surface area contributed by atoms with Crippen LogP contribution in [0.1, 0.15) is 32.1 Å². The van der Waals surface area contributed by atoms with Gasteiger partial charge in [-0.2, -0.15) is 0 Å². The van der Waals surface area contributed by atoms with E-state index in [-0.39, 0.29) is 30.1 Å². The number of urea groups is 1. The number of carbonyl (C=O) groups excluding carboxylic acids is 2. The first-order valence-corrected chi connectivity index (χ1v) is 7.14. The number of hydrogen-bond acceptors (Lipinski definition) is 3. The summed E-state index contributed by atoms with van der Waals surface area (Å²) < 4.78 is 0. The lowest BCUT2D eigenvalue weighted by Crippen LogP contribution is -2.53. The van der Waals surface area contributed by atoms with Crippen molar-refractivity contribution in [2.75, 3.05) is 6.54 Å². The summed E-state index contributed by atoms with van der Waals surface area (Å²) in [6, 6.07) is -0.346. The SMILES string of the molecule is O=C1CCC(NC(=O)N2C3CCC2C(C(=O)O)C3)CN1. The van der Waals surface area contributed by atoms with Crippen molar-refractivity contribution in [3.05, 3.63) is 0 Å². The van der Waals surface area contributed by atoms with Crippen molar-refractivity contribution in [1.29, 1.82) is 0 Å². The lowest BCUT2D eigenvalue weighted by Gasteiger charge is -2.29. The number of rotatable bonds is 2. The Kier molecular flexibility index (Phi) is 3.27. The Morgan fingerprint density at radius 2 is 2.10 bits per heavy atom. The molecular weight excluding hydrogens is 262 g/mol. The highest BCUT2D eigenvalue weighted by molar-refractivity contribution is 5.80. The molecule has 4 atom stereocenters. The Balaban J connectivity index is 1.61. The molecule has 0 aromatic rings. The zero-order valence-corrected chi connectivity index (χ0v) is 11.2. The standard InChI is InChI=1S/C13H19N3O4/c17-11-4-1-7(6-14-11)15-13(20)16-8-2-3-10(16)9(5-8)12(18)19/h7-10H,1-6H2,(H,14,17)(H,15,20)(H,18,19). The van der Waals surface area contributed by atoms with E-state index in [0.29, 0.717) is 25.8 Å². The number of carboxylic acid groups (broad SMARTS) is 1. The Morgan fingerprint density at radius 1 is 1.30 bits per heavy atom. The number of aliphatic carboxylic acids is 1. The van der Waals surface area contributed by atoms with Crippen LogP contribution in [-0.4, -0.2) is 52.6 Å². The van der Waals surface area contributed by atoms with Crippen molar-refractivity contribution in [1.82, 2.24) is 15.5 Å². The van der Waals surface area contributed by atoms with Crippen molar-refractivity contribution in [3.63, 3.8) is 0 Å². The van der Waals surface area contributed by atoms with Gasteiger partial charge in [0.05, 0.1) is 5.92 Å². The van der Waals surface area contributed by atoms with Gasteiger partial charge in [0, 0.05) is 31.1 Å². The molecule has 0 aromatic carbocycles. The highest BCUT2D eigenvalue weighted by Gasteiger charge is 2.51.